The number of hydrogen-bond donors (Lipinski definition) is 2. The molecule has 1 saturated carbocycles. The molecule has 2 aromatic rings. The van der Waals surface area contributed by atoms with Gasteiger partial charge < -0.3 is 15.6 Å². The molecule has 148 valence electrons. The van der Waals surface area contributed by atoms with Gasteiger partial charge in [0.25, 0.3) is 0 Å². The summed E-state index contributed by atoms with van der Waals surface area (Å²) in [6.07, 6.45) is 9.49. The van der Waals surface area contributed by atoms with E-state index in [4.69, 9.17) is 9.97 Å². The lowest BCUT2D eigenvalue weighted by molar-refractivity contribution is 0.349. The molecule has 5 rings (SSSR count). The highest BCUT2D eigenvalue weighted by atomic mass is 15.6. The number of hydrogen-bond acceptors (Lipinski definition) is 7. The van der Waals surface area contributed by atoms with E-state index in [1.807, 2.05) is 13.2 Å². The second-order valence-electron chi connectivity index (χ2n) is 8.37. The average molecular weight is 380 g/mol. The fourth-order valence-corrected chi connectivity index (χ4v) is 4.43. The van der Waals surface area contributed by atoms with Crippen molar-refractivity contribution in [1.29, 1.82) is 0 Å². The number of fused-ring (bicyclic) bond motifs is 1. The molecule has 1 atom stereocenters. The maximum absolute atomic E-state index is 4.97. The van der Waals surface area contributed by atoms with Crippen LogP contribution < -0.4 is 15.6 Å². The van der Waals surface area contributed by atoms with Crippen LogP contribution in [-0.4, -0.2) is 40.1 Å². The fraction of sp³-hybridized carbons (Fsp3) is 0.571. The van der Waals surface area contributed by atoms with Crippen LogP contribution in [0.1, 0.15) is 67.6 Å². The first kappa shape index (κ1) is 17.7. The molecule has 2 N–H and O–H groups in total. The summed E-state index contributed by atoms with van der Waals surface area (Å²) in [4.78, 5) is 16.8. The molecule has 0 radical (unpaired) electrons. The summed E-state index contributed by atoms with van der Waals surface area (Å²) in [5.41, 5.74) is 5.66. The molecule has 0 aromatic carbocycles. The first-order chi connectivity index (χ1) is 13.7. The molecule has 0 amide bonds. The molecule has 0 spiro atoms. The average Bonchev–Trinajstić information content (AvgIpc) is 2.96. The molecule has 2 fully saturated rings. The monoisotopic (exact) mass is 379 g/mol. The Morgan fingerprint density at radius 1 is 1.07 bits per heavy atom. The molecule has 2 aliphatic heterocycles. The summed E-state index contributed by atoms with van der Waals surface area (Å²) in [5.74, 6) is 4.40. The third-order valence-corrected chi connectivity index (χ3v) is 6.18. The Bertz CT molecular complexity index is 858. The zero-order chi connectivity index (χ0) is 19.1. The van der Waals surface area contributed by atoms with Crippen LogP contribution in [-0.2, 0) is 0 Å². The number of hydrazine groups is 1. The number of anilines is 3. The zero-order valence-corrected chi connectivity index (χ0v) is 16.8. The molecule has 3 aliphatic rings. The fourth-order valence-electron chi connectivity index (χ4n) is 4.43. The van der Waals surface area contributed by atoms with Crippen LogP contribution in [0.15, 0.2) is 18.3 Å². The van der Waals surface area contributed by atoms with Crippen LogP contribution >= 0.6 is 0 Å². The number of pyridine rings is 1. The van der Waals surface area contributed by atoms with E-state index in [-0.39, 0.29) is 6.17 Å². The lowest BCUT2D eigenvalue weighted by Gasteiger charge is -2.33. The Balaban J connectivity index is 1.46. The highest BCUT2D eigenvalue weighted by Crippen LogP contribution is 2.36. The third kappa shape index (κ3) is 3.28. The second-order valence-corrected chi connectivity index (χ2v) is 8.37. The van der Waals surface area contributed by atoms with Crippen LogP contribution in [0.25, 0.3) is 0 Å². The van der Waals surface area contributed by atoms with Gasteiger partial charge in [0, 0.05) is 43.9 Å². The Labute approximate surface area is 166 Å². The summed E-state index contributed by atoms with van der Waals surface area (Å²) in [6, 6.07) is 4.30. The quantitative estimate of drug-likeness (QED) is 0.837. The molecular weight excluding hydrogens is 350 g/mol. The second kappa shape index (κ2) is 7.20. The van der Waals surface area contributed by atoms with Gasteiger partial charge in [0.1, 0.15) is 29.4 Å². The Kier molecular flexibility index (Phi) is 4.55. The number of aryl methyl sites for hydroxylation is 1. The predicted octanol–water partition coefficient (Wildman–Crippen LogP) is 3.82. The van der Waals surface area contributed by atoms with Crippen LogP contribution in [0.2, 0.25) is 0 Å². The van der Waals surface area contributed by atoms with Gasteiger partial charge in [-0.1, -0.05) is 19.3 Å². The number of rotatable bonds is 4. The molecule has 28 heavy (non-hydrogen) atoms. The van der Waals surface area contributed by atoms with Crippen LogP contribution in [0.3, 0.4) is 0 Å². The summed E-state index contributed by atoms with van der Waals surface area (Å²) in [5, 5.41) is 5.70. The molecule has 0 bridgehead atoms. The first-order valence-electron chi connectivity index (χ1n) is 10.5. The number of aromatic nitrogens is 3. The highest BCUT2D eigenvalue weighted by Gasteiger charge is 2.30. The molecule has 1 saturated heterocycles. The van der Waals surface area contributed by atoms with Crippen molar-refractivity contribution in [3.8, 4) is 0 Å². The van der Waals surface area contributed by atoms with Crippen molar-refractivity contribution >= 4 is 17.5 Å². The summed E-state index contributed by atoms with van der Waals surface area (Å²) < 4.78 is 0. The summed E-state index contributed by atoms with van der Waals surface area (Å²) >= 11 is 0. The lowest BCUT2D eigenvalue weighted by atomic mass is 9.88. The van der Waals surface area contributed by atoms with Gasteiger partial charge >= 0.3 is 0 Å². The zero-order valence-electron chi connectivity index (χ0n) is 16.8. The van der Waals surface area contributed by atoms with E-state index in [1.54, 1.807) is 0 Å². The Hall–Kier alpha value is -2.41. The van der Waals surface area contributed by atoms with Gasteiger partial charge in [-0.15, -0.1) is 0 Å². The minimum Gasteiger partial charge on any atom is -0.356 e. The molecule has 7 heteroatoms. The van der Waals surface area contributed by atoms with Crippen molar-refractivity contribution in [1.82, 2.24) is 20.0 Å². The topological polar surface area (TPSA) is 69.2 Å². The van der Waals surface area contributed by atoms with Crippen molar-refractivity contribution in [3.63, 3.8) is 0 Å². The number of nitrogens with one attached hydrogen (secondary N) is 2. The smallest absolute Gasteiger partial charge is 0.147 e. The van der Waals surface area contributed by atoms with Gasteiger partial charge in [-0.3, -0.25) is 0 Å². The maximum atomic E-state index is 4.97. The highest BCUT2D eigenvalue weighted by molar-refractivity contribution is 5.56. The van der Waals surface area contributed by atoms with Crippen molar-refractivity contribution in [2.75, 3.05) is 35.8 Å². The van der Waals surface area contributed by atoms with Crippen molar-refractivity contribution in [2.24, 2.45) is 0 Å². The molecule has 1 unspecified atom stereocenters. The minimum absolute atomic E-state index is 0.000691. The van der Waals surface area contributed by atoms with E-state index in [0.29, 0.717) is 5.92 Å². The first-order valence-corrected chi connectivity index (χ1v) is 10.5. The molecule has 2 aromatic heterocycles. The lowest BCUT2D eigenvalue weighted by Crippen LogP contribution is -2.38. The minimum atomic E-state index is 0.000691. The maximum Gasteiger partial charge on any atom is 0.147 e. The largest absolute Gasteiger partial charge is 0.356 e. The molecule has 1 aliphatic carbocycles. The molecular formula is C21H29N7. The van der Waals surface area contributed by atoms with Crippen molar-refractivity contribution in [2.45, 2.75) is 57.5 Å². The van der Waals surface area contributed by atoms with Gasteiger partial charge in [0.15, 0.2) is 0 Å². The van der Waals surface area contributed by atoms with E-state index >= 15 is 0 Å². The van der Waals surface area contributed by atoms with E-state index in [9.17, 15) is 0 Å². The van der Waals surface area contributed by atoms with Crippen molar-refractivity contribution < 1.29 is 0 Å². The Morgan fingerprint density at radius 2 is 1.89 bits per heavy atom. The van der Waals surface area contributed by atoms with Gasteiger partial charge in [0.2, 0.25) is 0 Å². The predicted molar refractivity (Wildman–Crippen MR) is 111 cm³/mol. The van der Waals surface area contributed by atoms with E-state index in [1.165, 1.54) is 38.5 Å². The summed E-state index contributed by atoms with van der Waals surface area (Å²) in [7, 11) is 2.04. The third-order valence-electron chi connectivity index (χ3n) is 6.18. The van der Waals surface area contributed by atoms with Crippen molar-refractivity contribution in [3.05, 3.63) is 35.3 Å². The molecule has 7 nitrogen and oxygen atoms in total. The summed E-state index contributed by atoms with van der Waals surface area (Å²) in [6.45, 7) is 4.27. The van der Waals surface area contributed by atoms with Gasteiger partial charge in [0.05, 0.1) is 0 Å². The van der Waals surface area contributed by atoms with Crippen LogP contribution in [0.5, 0.6) is 0 Å². The van der Waals surface area contributed by atoms with Gasteiger partial charge in [-0.05, 0) is 37.8 Å². The van der Waals surface area contributed by atoms with Crippen LogP contribution in [0, 0.1) is 6.92 Å². The normalized spacial score (nSPS) is 22.5. The van der Waals surface area contributed by atoms with Gasteiger partial charge in [-0.2, -0.15) is 5.01 Å². The van der Waals surface area contributed by atoms with Gasteiger partial charge in [-0.25, -0.2) is 15.0 Å². The standard InChI is InChI=1S/C21H29N7/c1-14-11-16-20(22-13-14)26-27(2)21(16)24-17-12-18(28-9-6-10-28)25-19(23-17)15-7-4-3-5-8-15/h11-13,15,21H,3-10H2,1-2H3,(H,22,26)(H,23,24,25). The van der Waals surface area contributed by atoms with E-state index < -0.39 is 0 Å². The molecule has 4 heterocycles. The SMILES string of the molecule is Cc1cnc2c(c1)C(Nc1cc(N3CCC3)nc(C3CCCCC3)n1)N(C)N2. The number of nitrogens with zero attached hydrogens (tertiary/aromatic N) is 5. The van der Waals surface area contributed by atoms with E-state index in [0.717, 1.165) is 47.5 Å². The van der Waals surface area contributed by atoms with Crippen LogP contribution in [0.4, 0.5) is 17.5 Å². The van der Waals surface area contributed by atoms with E-state index in [2.05, 4.69) is 44.7 Å². The Morgan fingerprint density at radius 3 is 2.64 bits per heavy atom.